The molecule has 6 heteroatoms. The molecule has 118 valence electrons. The van der Waals surface area contributed by atoms with Crippen LogP contribution in [-0.4, -0.2) is 18.9 Å². The number of aromatic nitrogens is 1. The molecule has 1 aromatic carbocycles. The average Bonchev–Trinajstić information content (AvgIpc) is 2.39. The van der Waals surface area contributed by atoms with Crippen molar-refractivity contribution in [1.29, 1.82) is 0 Å². The molecule has 0 aliphatic heterocycles. The number of hydrogen-bond acceptors (Lipinski definition) is 4. The normalized spacial score (nSPS) is 12.0. The van der Waals surface area contributed by atoms with E-state index in [2.05, 4.69) is 15.0 Å². The lowest BCUT2D eigenvalue weighted by molar-refractivity contribution is 0.601. The molecule has 2 rings (SSSR count). The number of hydrogen-bond donors (Lipinski definition) is 2. The van der Waals surface area contributed by atoms with Gasteiger partial charge in [-0.25, -0.2) is 13.4 Å². The Balaban J connectivity index is 2.17. The SMILES string of the molecule is Cc1cccc(S(=O)(=O)Nc2ccc(NC(C)(C)C)cn2)c1. The second-order valence-electron chi connectivity index (χ2n) is 6.23. The number of benzene rings is 1. The number of nitrogens with zero attached hydrogens (tertiary/aromatic N) is 1. The molecule has 0 saturated carbocycles. The number of anilines is 2. The van der Waals surface area contributed by atoms with Crippen molar-refractivity contribution in [3.05, 3.63) is 48.2 Å². The molecule has 0 spiro atoms. The molecule has 5 nitrogen and oxygen atoms in total. The monoisotopic (exact) mass is 319 g/mol. The van der Waals surface area contributed by atoms with Crippen molar-refractivity contribution >= 4 is 21.5 Å². The van der Waals surface area contributed by atoms with Crippen LogP contribution in [0.2, 0.25) is 0 Å². The first kappa shape index (κ1) is 16.3. The van der Waals surface area contributed by atoms with E-state index in [4.69, 9.17) is 0 Å². The van der Waals surface area contributed by atoms with Gasteiger partial charge >= 0.3 is 0 Å². The molecule has 1 heterocycles. The van der Waals surface area contributed by atoms with Gasteiger partial charge in [0.2, 0.25) is 0 Å². The van der Waals surface area contributed by atoms with Crippen LogP contribution in [0, 0.1) is 6.92 Å². The molecule has 0 unspecified atom stereocenters. The van der Waals surface area contributed by atoms with Gasteiger partial charge in [-0.2, -0.15) is 0 Å². The summed E-state index contributed by atoms with van der Waals surface area (Å²) in [5.41, 5.74) is 1.65. The Labute approximate surface area is 131 Å². The summed E-state index contributed by atoms with van der Waals surface area (Å²) in [4.78, 5) is 4.37. The molecule has 22 heavy (non-hydrogen) atoms. The number of nitrogens with one attached hydrogen (secondary N) is 2. The van der Waals surface area contributed by atoms with Gasteiger partial charge in [-0.3, -0.25) is 4.72 Å². The van der Waals surface area contributed by atoms with Gasteiger partial charge in [0.15, 0.2) is 0 Å². The van der Waals surface area contributed by atoms with Crippen LogP contribution in [0.4, 0.5) is 11.5 Å². The van der Waals surface area contributed by atoms with E-state index in [1.807, 2.05) is 33.8 Å². The zero-order valence-electron chi connectivity index (χ0n) is 13.2. The fraction of sp³-hybridized carbons (Fsp3) is 0.312. The Kier molecular flexibility index (Phi) is 4.42. The lowest BCUT2D eigenvalue weighted by Gasteiger charge is -2.21. The third-order valence-electron chi connectivity index (χ3n) is 2.82. The summed E-state index contributed by atoms with van der Waals surface area (Å²) in [5, 5.41) is 3.27. The minimum Gasteiger partial charge on any atom is -0.379 e. The third-order valence-corrected chi connectivity index (χ3v) is 4.17. The van der Waals surface area contributed by atoms with Crippen molar-refractivity contribution in [1.82, 2.24) is 4.98 Å². The van der Waals surface area contributed by atoms with Crippen molar-refractivity contribution in [2.24, 2.45) is 0 Å². The number of sulfonamides is 1. The lowest BCUT2D eigenvalue weighted by atomic mass is 10.1. The second kappa shape index (κ2) is 5.96. The van der Waals surface area contributed by atoms with Crippen LogP contribution in [0.5, 0.6) is 0 Å². The largest absolute Gasteiger partial charge is 0.379 e. The van der Waals surface area contributed by atoms with Gasteiger partial charge in [-0.1, -0.05) is 12.1 Å². The molecule has 2 N–H and O–H groups in total. The van der Waals surface area contributed by atoms with Gasteiger partial charge < -0.3 is 5.32 Å². The smallest absolute Gasteiger partial charge is 0.263 e. The summed E-state index contributed by atoms with van der Waals surface area (Å²) in [6, 6.07) is 10.2. The van der Waals surface area contributed by atoms with E-state index < -0.39 is 10.0 Å². The Hall–Kier alpha value is -2.08. The highest BCUT2D eigenvalue weighted by Crippen LogP contribution is 2.18. The minimum atomic E-state index is -3.62. The summed E-state index contributed by atoms with van der Waals surface area (Å²) in [6.07, 6.45) is 1.61. The quantitative estimate of drug-likeness (QED) is 0.906. The molecule has 2 aromatic rings. The average molecular weight is 319 g/mol. The van der Waals surface area contributed by atoms with Crippen LogP contribution >= 0.6 is 0 Å². The molecule has 0 aliphatic carbocycles. The fourth-order valence-corrected chi connectivity index (χ4v) is 3.05. The van der Waals surface area contributed by atoms with E-state index in [0.29, 0.717) is 5.82 Å². The maximum absolute atomic E-state index is 12.3. The first-order valence-corrected chi connectivity index (χ1v) is 8.48. The predicted octanol–water partition coefficient (Wildman–Crippen LogP) is 3.40. The van der Waals surface area contributed by atoms with Crippen LogP contribution in [0.1, 0.15) is 26.3 Å². The molecule has 0 bridgehead atoms. The van der Waals surface area contributed by atoms with Crippen molar-refractivity contribution in [3.63, 3.8) is 0 Å². The van der Waals surface area contributed by atoms with Crippen molar-refractivity contribution in [2.75, 3.05) is 10.0 Å². The second-order valence-corrected chi connectivity index (χ2v) is 7.91. The first-order chi connectivity index (χ1) is 10.2. The predicted molar refractivity (Wildman–Crippen MR) is 89.6 cm³/mol. The van der Waals surface area contributed by atoms with E-state index in [-0.39, 0.29) is 10.4 Å². The van der Waals surface area contributed by atoms with Gasteiger partial charge in [0.25, 0.3) is 10.0 Å². The summed E-state index contributed by atoms with van der Waals surface area (Å²) in [5.74, 6) is 0.293. The summed E-state index contributed by atoms with van der Waals surface area (Å²) in [7, 11) is -3.62. The Morgan fingerprint density at radius 2 is 1.82 bits per heavy atom. The highest BCUT2D eigenvalue weighted by atomic mass is 32.2. The Morgan fingerprint density at radius 1 is 1.09 bits per heavy atom. The van der Waals surface area contributed by atoms with Crippen LogP contribution in [-0.2, 0) is 10.0 Å². The zero-order chi connectivity index (χ0) is 16.4. The molecule has 0 amide bonds. The topological polar surface area (TPSA) is 71.1 Å². The van der Waals surface area contributed by atoms with Crippen LogP contribution in [0.3, 0.4) is 0 Å². The lowest BCUT2D eigenvalue weighted by Crippen LogP contribution is -2.26. The third kappa shape index (κ3) is 4.46. The number of rotatable bonds is 4. The first-order valence-electron chi connectivity index (χ1n) is 6.99. The summed E-state index contributed by atoms with van der Waals surface area (Å²) < 4.78 is 27.1. The molecular weight excluding hydrogens is 298 g/mol. The van der Waals surface area contributed by atoms with Gasteiger partial charge in [0.05, 0.1) is 16.8 Å². The van der Waals surface area contributed by atoms with E-state index in [1.165, 1.54) is 0 Å². The van der Waals surface area contributed by atoms with Crippen LogP contribution < -0.4 is 10.0 Å². The molecule has 0 aliphatic rings. The summed E-state index contributed by atoms with van der Waals surface area (Å²) >= 11 is 0. The maximum Gasteiger partial charge on any atom is 0.263 e. The number of aryl methyl sites for hydroxylation is 1. The van der Waals surface area contributed by atoms with Gasteiger partial charge in [0, 0.05) is 5.54 Å². The van der Waals surface area contributed by atoms with Crippen molar-refractivity contribution < 1.29 is 8.42 Å². The highest BCUT2D eigenvalue weighted by Gasteiger charge is 2.15. The van der Waals surface area contributed by atoms with E-state index >= 15 is 0 Å². The fourth-order valence-electron chi connectivity index (χ4n) is 1.94. The zero-order valence-corrected chi connectivity index (χ0v) is 14.0. The Bertz CT molecular complexity index is 748. The standard InChI is InChI=1S/C16H21N3O2S/c1-12-6-5-7-14(10-12)22(20,21)19-15-9-8-13(11-17-15)18-16(2,3)4/h5-11,18H,1-4H3,(H,17,19). The molecule has 0 fully saturated rings. The minimum absolute atomic E-state index is 0.0791. The van der Waals surface area contributed by atoms with Gasteiger partial charge in [-0.15, -0.1) is 0 Å². The summed E-state index contributed by atoms with van der Waals surface area (Å²) in [6.45, 7) is 7.98. The van der Waals surface area contributed by atoms with Crippen LogP contribution in [0.25, 0.3) is 0 Å². The molecule has 0 saturated heterocycles. The molecule has 0 atom stereocenters. The Morgan fingerprint density at radius 3 is 2.36 bits per heavy atom. The van der Waals surface area contributed by atoms with Gasteiger partial charge in [-0.05, 0) is 57.5 Å². The van der Waals surface area contributed by atoms with Crippen molar-refractivity contribution in [3.8, 4) is 0 Å². The van der Waals surface area contributed by atoms with E-state index in [1.54, 1.807) is 36.5 Å². The van der Waals surface area contributed by atoms with Gasteiger partial charge in [0.1, 0.15) is 5.82 Å². The van der Waals surface area contributed by atoms with Crippen molar-refractivity contribution in [2.45, 2.75) is 38.1 Å². The molecule has 0 radical (unpaired) electrons. The molecule has 1 aromatic heterocycles. The van der Waals surface area contributed by atoms with E-state index in [0.717, 1.165) is 11.3 Å². The van der Waals surface area contributed by atoms with Crippen LogP contribution in [0.15, 0.2) is 47.5 Å². The maximum atomic E-state index is 12.3. The number of pyridine rings is 1. The highest BCUT2D eigenvalue weighted by molar-refractivity contribution is 7.92. The molecular formula is C16H21N3O2S. The van der Waals surface area contributed by atoms with E-state index in [9.17, 15) is 8.42 Å².